The number of nitrogens with zero attached hydrogens (tertiary/aromatic N) is 4. The molecule has 2 heterocycles. The molecule has 1 unspecified atom stereocenters. The fraction of sp³-hybridized carbons (Fsp3) is 0.174. The molecule has 0 spiro atoms. The number of hydrogen-bond acceptors (Lipinski definition) is 6. The molecule has 0 radical (unpaired) electrons. The van der Waals surface area contributed by atoms with E-state index < -0.39 is 5.82 Å². The third kappa shape index (κ3) is 4.63. The first-order valence-electron chi connectivity index (χ1n) is 9.83. The number of hydrogen-bond donors (Lipinski definition) is 2. The fourth-order valence-corrected chi connectivity index (χ4v) is 3.30. The highest BCUT2D eigenvalue weighted by Gasteiger charge is 2.17. The molecule has 2 aromatic heterocycles. The minimum absolute atomic E-state index is 0.243. The fourth-order valence-electron chi connectivity index (χ4n) is 3.30. The Kier molecular flexibility index (Phi) is 5.79. The van der Waals surface area contributed by atoms with Crippen LogP contribution in [-0.4, -0.2) is 37.5 Å². The van der Waals surface area contributed by atoms with Crippen LogP contribution in [0.5, 0.6) is 0 Å². The van der Waals surface area contributed by atoms with Gasteiger partial charge in [-0.3, -0.25) is 9.79 Å². The molecule has 8 heteroatoms. The number of aromatic amines is 1. The van der Waals surface area contributed by atoms with E-state index in [0.29, 0.717) is 29.1 Å². The van der Waals surface area contributed by atoms with E-state index in [0.717, 1.165) is 11.3 Å². The van der Waals surface area contributed by atoms with Crippen LogP contribution >= 0.6 is 0 Å². The zero-order chi connectivity index (χ0) is 21.8. The summed E-state index contributed by atoms with van der Waals surface area (Å²) < 4.78 is 13.7. The van der Waals surface area contributed by atoms with Gasteiger partial charge in [0.2, 0.25) is 0 Å². The average molecular weight is 416 g/mol. The van der Waals surface area contributed by atoms with Crippen LogP contribution in [0.4, 0.5) is 15.9 Å². The van der Waals surface area contributed by atoms with E-state index in [4.69, 9.17) is 4.99 Å². The van der Waals surface area contributed by atoms with Gasteiger partial charge in [0.25, 0.3) is 0 Å². The van der Waals surface area contributed by atoms with Gasteiger partial charge in [0, 0.05) is 17.7 Å². The maximum absolute atomic E-state index is 13.7. The zero-order valence-electron chi connectivity index (χ0n) is 17.1. The summed E-state index contributed by atoms with van der Waals surface area (Å²) in [5.41, 5.74) is 3.77. The minimum Gasteiger partial charge on any atom is -0.360 e. The van der Waals surface area contributed by atoms with Crippen LogP contribution in [0.25, 0.3) is 11.2 Å². The average Bonchev–Trinajstić information content (AvgIpc) is 3.25. The van der Waals surface area contributed by atoms with Crippen molar-refractivity contribution >= 4 is 34.2 Å². The quantitative estimate of drug-likeness (QED) is 0.341. The van der Waals surface area contributed by atoms with Crippen molar-refractivity contribution in [3.05, 3.63) is 78.1 Å². The lowest BCUT2D eigenvalue weighted by Gasteiger charge is -2.18. The first-order valence-corrected chi connectivity index (χ1v) is 9.83. The third-order valence-corrected chi connectivity index (χ3v) is 4.91. The van der Waals surface area contributed by atoms with E-state index in [1.54, 1.807) is 6.33 Å². The Labute approximate surface area is 178 Å². The number of H-pyrrole nitrogens is 1. The molecule has 0 aliphatic rings. The molecule has 0 aliphatic carbocycles. The molecule has 7 nitrogen and oxygen atoms in total. The van der Waals surface area contributed by atoms with Gasteiger partial charge in [-0.15, -0.1) is 0 Å². The van der Waals surface area contributed by atoms with E-state index in [-0.39, 0.29) is 17.4 Å². The summed E-state index contributed by atoms with van der Waals surface area (Å²) in [4.78, 5) is 32.5. The second kappa shape index (κ2) is 8.83. The molecule has 2 aromatic carbocycles. The molecule has 0 saturated heterocycles. The number of ketones is 1. The Morgan fingerprint density at radius 2 is 1.97 bits per heavy atom. The van der Waals surface area contributed by atoms with Crippen LogP contribution in [-0.2, 0) is 6.42 Å². The van der Waals surface area contributed by atoms with Gasteiger partial charge in [-0.25, -0.2) is 19.3 Å². The lowest BCUT2D eigenvalue weighted by Crippen LogP contribution is -2.28. The van der Waals surface area contributed by atoms with Crippen molar-refractivity contribution in [3.8, 4) is 0 Å². The van der Waals surface area contributed by atoms with Crippen molar-refractivity contribution in [1.82, 2.24) is 19.9 Å². The van der Waals surface area contributed by atoms with E-state index in [1.807, 2.05) is 37.3 Å². The van der Waals surface area contributed by atoms with Crippen molar-refractivity contribution in [2.45, 2.75) is 26.3 Å². The Morgan fingerprint density at radius 3 is 2.74 bits per heavy atom. The molecular weight excluding hydrogens is 395 g/mol. The van der Waals surface area contributed by atoms with Gasteiger partial charge in [0.05, 0.1) is 18.1 Å². The molecule has 2 N–H and O–H groups in total. The number of rotatable bonds is 7. The highest BCUT2D eigenvalue weighted by Crippen LogP contribution is 2.23. The van der Waals surface area contributed by atoms with E-state index in [1.165, 1.54) is 31.5 Å². The summed E-state index contributed by atoms with van der Waals surface area (Å²) in [5, 5.41) is 3.36. The number of aliphatic imine (C=N–C) groups is 1. The van der Waals surface area contributed by atoms with Crippen LogP contribution in [0.2, 0.25) is 0 Å². The SMILES string of the molecule is CC(=O)c1cc(F)ccc1N=C(Cc1ccccc1)C(C)Nc1ncnc2nc[nH]c12. The number of halogens is 1. The summed E-state index contributed by atoms with van der Waals surface area (Å²) in [5.74, 6) is -0.114. The minimum atomic E-state index is -0.470. The molecule has 0 amide bonds. The van der Waals surface area contributed by atoms with Crippen molar-refractivity contribution in [3.63, 3.8) is 0 Å². The Bertz CT molecular complexity index is 1250. The van der Waals surface area contributed by atoms with Crippen molar-refractivity contribution < 1.29 is 9.18 Å². The van der Waals surface area contributed by atoms with Crippen molar-refractivity contribution in [2.24, 2.45) is 4.99 Å². The number of nitrogens with one attached hydrogen (secondary N) is 2. The number of aromatic nitrogens is 4. The molecule has 0 fully saturated rings. The van der Waals surface area contributed by atoms with E-state index in [9.17, 15) is 9.18 Å². The second-order valence-electron chi connectivity index (χ2n) is 7.17. The van der Waals surface area contributed by atoms with Gasteiger partial charge in [-0.2, -0.15) is 0 Å². The zero-order valence-corrected chi connectivity index (χ0v) is 17.1. The predicted molar refractivity (Wildman–Crippen MR) is 118 cm³/mol. The number of benzene rings is 2. The molecular formula is C23H21FN6O. The van der Waals surface area contributed by atoms with Gasteiger partial charge in [0.15, 0.2) is 17.2 Å². The number of anilines is 1. The second-order valence-corrected chi connectivity index (χ2v) is 7.17. The lowest BCUT2D eigenvalue weighted by molar-refractivity contribution is 0.101. The highest BCUT2D eigenvalue weighted by atomic mass is 19.1. The van der Waals surface area contributed by atoms with Crippen LogP contribution in [0.15, 0.2) is 66.2 Å². The molecule has 0 bridgehead atoms. The first-order chi connectivity index (χ1) is 15.0. The Hall–Kier alpha value is -3.94. The molecule has 4 aromatic rings. The Morgan fingerprint density at radius 1 is 1.16 bits per heavy atom. The van der Waals surface area contributed by atoms with Gasteiger partial charge < -0.3 is 10.3 Å². The van der Waals surface area contributed by atoms with Crippen LogP contribution in [0.3, 0.4) is 0 Å². The van der Waals surface area contributed by atoms with Gasteiger partial charge >= 0.3 is 0 Å². The van der Waals surface area contributed by atoms with Crippen molar-refractivity contribution in [1.29, 1.82) is 0 Å². The Balaban J connectivity index is 1.73. The maximum Gasteiger partial charge on any atom is 0.182 e. The molecule has 0 aliphatic heterocycles. The summed E-state index contributed by atoms with van der Waals surface area (Å²) in [6.07, 6.45) is 3.55. The lowest BCUT2D eigenvalue weighted by atomic mass is 10.0. The molecule has 31 heavy (non-hydrogen) atoms. The third-order valence-electron chi connectivity index (χ3n) is 4.91. The van der Waals surface area contributed by atoms with Crippen LogP contribution < -0.4 is 5.32 Å². The van der Waals surface area contributed by atoms with E-state index >= 15 is 0 Å². The maximum atomic E-state index is 13.7. The van der Waals surface area contributed by atoms with Crippen LogP contribution in [0, 0.1) is 5.82 Å². The molecule has 4 rings (SSSR count). The predicted octanol–water partition coefficient (Wildman–Crippen LogP) is 4.51. The topological polar surface area (TPSA) is 95.9 Å². The van der Waals surface area contributed by atoms with Gasteiger partial charge in [-0.05, 0) is 37.6 Å². The first kappa shape index (κ1) is 20.3. The highest BCUT2D eigenvalue weighted by molar-refractivity contribution is 6.02. The molecule has 156 valence electrons. The molecule has 0 saturated carbocycles. The normalized spacial score (nSPS) is 12.7. The number of carbonyl (C=O) groups is 1. The number of imidazole rings is 1. The van der Waals surface area contributed by atoms with Crippen molar-refractivity contribution in [2.75, 3.05) is 5.32 Å². The summed E-state index contributed by atoms with van der Waals surface area (Å²) in [6.45, 7) is 3.37. The summed E-state index contributed by atoms with van der Waals surface area (Å²) in [7, 11) is 0. The monoisotopic (exact) mass is 416 g/mol. The largest absolute Gasteiger partial charge is 0.360 e. The summed E-state index contributed by atoms with van der Waals surface area (Å²) in [6, 6.07) is 13.7. The number of fused-ring (bicyclic) bond motifs is 1. The van der Waals surface area contributed by atoms with Crippen LogP contribution in [0.1, 0.15) is 29.8 Å². The van der Waals surface area contributed by atoms with Gasteiger partial charge in [-0.1, -0.05) is 30.3 Å². The standard InChI is InChI=1S/C23H21FN6O/c1-14(29-23-21-22(26-12-25-21)27-13-28-23)20(10-16-6-4-3-5-7-16)30-19-9-8-17(24)11-18(19)15(2)31/h3-9,11-14H,10H2,1-2H3,(H2,25,26,27,28,29). The molecule has 1 atom stereocenters. The van der Waals surface area contributed by atoms with Gasteiger partial charge in [0.1, 0.15) is 17.7 Å². The van der Waals surface area contributed by atoms with E-state index in [2.05, 4.69) is 25.3 Å². The summed E-state index contributed by atoms with van der Waals surface area (Å²) >= 11 is 0. The smallest absolute Gasteiger partial charge is 0.182 e. The number of carbonyl (C=O) groups excluding carboxylic acids is 1. The number of Topliss-reactive ketones (excluding diaryl/α,β-unsaturated/α-hetero) is 1.